The Hall–Kier alpha value is -2.54. The summed E-state index contributed by atoms with van der Waals surface area (Å²) in [5, 5.41) is 9.62. The van der Waals surface area contributed by atoms with Gasteiger partial charge in [-0.3, -0.25) is 4.72 Å². The van der Waals surface area contributed by atoms with E-state index in [0.29, 0.717) is 5.56 Å². The Bertz CT molecular complexity index is 814. The number of benzene rings is 2. The summed E-state index contributed by atoms with van der Waals surface area (Å²) in [5.41, 5.74) is 0.635. The SMILES string of the molecule is COC(=O)c1cc(NS(=O)(=O)c2ccccc2C)ccc1O. The number of phenolic OH excluding ortho intramolecular Hbond substituents is 1. The van der Waals surface area contributed by atoms with Crippen molar-refractivity contribution >= 4 is 21.7 Å². The number of hydrogen-bond donors (Lipinski definition) is 2. The third kappa shape index (κ3) is 3.20. The molecule has 0 aliphatic rings. The Labute approximate surface area is 128 Å². The highest BCUT2D eigenvalue weighted by Gasteiger charge is 2.18. The predicted octanol–water partition coefficient (Wildman–Crippen LogP) is 2.29. The van der Waals surface area contributed by atoms with Gasteiger partial charge in [0.25, 0.3) is 10.0 Å². The number of anilines is 1. The highest BCUT2D eigenvalue weighted by Crippen LogP contribution is 2.25. The van der Waals surface area contributed by atoms with Crippen LogP contribution in [0.5, 0.6) is 5.75 Å². The minimum atomic E-state index is -3.79. The molecule has 116 valence electrons. The third-order valence-corrected chi connectivity index (χ3v) is 4.58. The smallest absolute Gasteiger partial charge is 0.341 e. The molecule has 0 radical (unpaired) electrons. The van der Waals surface area contributed by atoms with E-state index < -0.39 is 16.0 Å². The zero-order valence-electron chi connectivity index (χ0n) is 12.0. The van der Waals surface area contributed by atoms with Crippen LogP contribution < -0.4 is 4.72 Å². The second kappa shape index (κ2) is 6.07. The maximum absolute atomic E-state index is 12.4. The van der Waals surface area contributed by atoms with Crippen LogP contribution in [-0.4, -0.2) is 26.6 Å². The topological polar surface area (TPSA) is 92.7 Å². The zero-order chi connectivity index (χ0) is 16.3. The molecule has 0 aromatic heterocycles. The molecule has 0 heterocycles. The standard InChI is InChI=1S/C15H15NO5S/c1-10-5-3-4-6-14(10)22(19,20)16-11-7-8-13(17)12(9-11)15(18)21-2/h3-9,16-17H,1-2H3. The Morgan fingerprint density at radius 1 is 1.18 bits per heavy atom. The number of carbonyl (C=O) groups excluding carboxylic acids is 1. The molecule has 2 N–H and O–H groups in total. The van der Waals surface area contributed by atoms with Gasteiger partial charge in [0.15, 0.2) is 0 Å². The first kappa shape index (κ1) is 15.8. The predicted molar refractivity (Wildman–Crippen MR) is 81.4 cm³/mol. The molecule has 0 atom stereocenters. The summed E-state index contributed by atoms with van der Waals surface area (Å²) < 4.78 is 31.6. The number of sulfonamides is 1. The van der Waals surface area contributed by atoms with Crippen molar-refractivity contribution in [2.75, 3.05) is 11.8 Å². The summed E-state index contributed by atoms with van der Waals surface area (Å²) in [4.78, 5) is 11.7. The van der Waals surface area contributed by atoms with Gasteiger partial charge >= 0.3 is 5.97 Å². The van der Waals surface area contributed by atoms with E-state index in [-0.39, 0.29) is 21.9 Å². The monoisotopic (exact) mass is 321 g/mol. The quantitative estimate of drug-likeness (QED) is 0.666. The lowest BCUT2D eigenvalue weighted by Crippen LogP contribution is -2.14. The number of rotatable bonds is 4. The third-order valence-electron chi connectivity index (χ3n) is 3.04. The normalized spacial score (nSPS) is 11.0. The van der Waals surface area contributed by atoms with Gasteiger partial charge in [-0.2, -0.15) is 0 Å². The minimum Gasteiger partial charge on any atom is -0.507 e. The van der Waals surface area contributed by atoms with E-state index in [1.807, 2.05) is 0 Å². The Morgan fingerprint density at radius 2 is 1.86 bits per heavy atom. The van der Waals surface area contributed by atoms with Gasteiger partial charge < -0.3 is 9.84 Å². The van der Waals surface area contributed by atoms with Crippen LogP contribution in [0.4, 0.5) is 5.69 Å². The first-order chi connectivity index (χ1) is 10.3. The van der Waals surface area contributed by atoms with Crippen molar-refractivity contribution in [3.05, 3.63) is 53.6 Å². The van der Waals surface area contributed by atoms with Crippen LogP contribution in [-0.2, 0) is 14.8 Å². The van der Waals surface area contributed by atoms with Crippen LogP contribution in [0.2, 0.25) is 0 Å². The number of esters is 1. The molecule has 0 aliphatic heterocycles. The van der Waals surface area contributed by atoms with E-state index in [0.717, 1.165) is 0 Å². The molecule has 0 bridgehead atoms. The maximum atomic E-state index is 12.4. The highest BCUT2D eigenvalue weighted by molar-refractivity contribution is 7.92. The highest BCUT2D eigenvalue weighted by atomic mass is 32.2. The average Bonchev–Trinajstić information content (AvgIpc) is 2.48. The molecule has 0 amide bonds. The van der Waals surface area contributed by atoms with Gasteiger partial charge in [0.05, 0.1) is 12.0 Å². The van der Waals surface area contributed by atoms with Crippen LogP contribution in [0.25, 0.3) is 0 Å². The molecule has 22 heavy (non-hydrogen) atoms. The van der Waals surface area contributed by atoms with Crippen LogP contribution in [0.3, 0.4) is 0 Å². The van der Waals surface area contributed by atoms with Gasteiger partial charge in [-0.15, -0.1) is 0 Å². The molecule has 0 saturated heterocycles. The van der Waals surface area contributed by atoms with Crippen molar-refractivity contribution in [3.8, 4) is 5.75 Å². The first-order valence-corrected chi connectivity index (χ1v) is 7.83. The second-order valence-corrected chi connectivity index (χ2v) is 6.25. The number of carbonyl (C=O) groups is 1. The fraction of sp³-hybridized carbons (Fsp3) is 0.133. The molecule has 0 saturated carbocycles. The zero-order valence-corrected chi connectivity index (χ0v) is 12.8. The molecule has 0 unspecified atom stereocenters. The second-order valence-electron chi connectivity index (χ2n) is 4.59. The summed E-state index contributed by atoms with van der Waals surface area (Å²) >= 11 is 0. The largest absolute Gasteiger partial charge is 0.507 e. The number of hydrogen-bond acceptors (Lipinski definition) is 5. The average molecular weight is 321 g/mol. The van der Waals surface area contributed by atoms with Gasteiger partial charge in [-0.05, 0) is 36.8 Å². The molecule has 2 rings (SSSR count). The van der Waals surface area contributed by atoms with E-state index in [1.165, 1.54) is 31.4 Å². The Kier molecular flexibility index (Phi) is 4.37. The maximum Gasteiger partial charge on any atom is 0.341 e. The fourth-order valence-electron chi connectivity index (χ4n) is 1.94. The molecule has 6 nitrogen and oxygen atoms in total. The van der Waals surface area contributed by atoms with Crippen LogP contribution in [0.1, 0.15) is 15.9 Å². The van der Waals surface area contributed by atoms with Gasteiger partial charge in [0, 0.05) is 5.69 Å². The molecular formula is C15H15NO5S. The van der Waals surface area contributed by atoms with Crippen molar-refractivity contribution in [3.63, 3.8) is 0 Å². The first-order valence-electron chi connectivity index (χ1n) is 6.35. The van der Waals surface area contributed by atoms with Gasteiger partial charge in [-0.1, -0.05) is 18.2 Å². The molecule has 7 heteroatoms. The number of phenols is 1. The van der Waals surface area contributed by atoms with E-state index >= 15 is 0 Å². The number of nitrogens with one attached hydrogen (secondary N) is 1. The summed E-state index contributed by atoms with van der Waals surface area (Å²) in [6, 6.07) is 10.3. The number of methoxy groups -OCH3 is 1. The molecule has 2 aromatic carbocycles. The van der Waals surface area contributed by atoms with Crippen molar-refractivity contribution < 1.29 is 23.1 Å². The lowest BCUT2D eigenvalue weighted by molar-refractivity contribution is 0.0597. The molecule has 0 fully saturated rings. The number of aryl methyl sites for hydroxylation is 1. The summed E-state index contributed by atoms with van der Waals surface area (Å²) in [5.74, 6) is -1.04. The van der Waals surface area contributed by atoms with Crippen molar-refractivity contribution in [2.24, 2.45) is 0 Å². The van der Waals surface area contributed by atoms with Crippen molar-refractivity contribution in [1.82, 2.24) is 0 Å². The molecule has 2 aromatic rings. The Balaban J connectivity index is 2.39. The molecule has 0 aliphatic carbocycles. The minimum absolute atomic E-state index is 0.118. The fourth-order valence-corrected chi connectivity index (χ4v) is 3.24. The molecule has 0 spiro atoms. The van der Waals surface area contributed by atoms with E-state index in [9.17, 15) is 18.3 Å². The summed E-state index contributed by atoms with van der Waals surface area (Å²) in [7, 11) is -2.62. The van der Waals surface area contributed by atoms with Crippen LogP contribution in [0.15, 0.2) is 47.4 Å². The van der Waals surface area contributed by atoms with Gasteiger partial charge in [0.1, 0.15) is 11.3 Å². The van der Waals surface area contributed by atoms with E-state index in [1.54, 1.807) is 25.1 Å². The lowest BCUT2D eigenvalue weighted by atomic mass is 10.2. The summed E-state index contributed by atoms with van der Waals surface area (Å²) in [6.45, 7) is 1.69. The van der Waals surface area contributed by atoms with Crippen molar-refractivity contribution in [2.45, 2.75) is 11.8 Å². The number of aromatic hydroxyl groups is 1. The van der Waals surface area contributed by atoms with Crippen LogP contribution >= 0.6 is 0 Å². The van der Waals surface area contributed by atoms with Crippen molar-refractivity contribution in [1.29, 1.82) is 0 Å². The van der Waals surface area contributed by atoms with Gasteiger partial charge in [-0.25, -0.2) is 13.2 Å². The number of ether oxygens (including phenoxy) is 1. The van der Waals surface area contributed by atoms with Gasteiger partial charge in [0.2, 0.25) is 0 Å². The van der Waals surface area contributed by atoms with E-state index in [2.05, 4.69) is 9.46 Å². The molecular weight excluding hydrogens is 306 g/mol. The van der Waals surface area contributed by atoms with Crippen LogP contribution in [0, 0.1) is 6.92 Å². The Morgan fingerprint density at radius 3 is 2.50 bits per heavy atom. The lowest BCUT2D eigenvalue weighted by Gasteiger charge is -2.11. The summed E-state index contributed by atoms with van der Waals surface area (Å²) in [6.07, 6.45) is 0. The van der Waals surface area contributed by atoms with E-state index in [4.69, 9.17) is 0 Å².